The van der Waals surface area contributed by atoms with Crippen LogP contribution in [0.15, 0.2) is 46.4 Å². The van der Waals surface area contributed by atoms with Gasteiger partial charge in [0.2, 0.25) is 12.2 Å². The first-order chi connectivity index (χ1) is 10.2. The van der Waals surface area contributed by atoms with Crippen molar-refractivity contribution in [2.24, 2.45) is 9.98 Å². The van der Waals surface area contributed by atoms with Crippen molar-refractivity contribution in [3.05, 3.63) is 58.7 Å². The highest BCUT2D eigenvalue weighted by Gasteiger charge is 2.07. The van der Waals surface area contributed by atoms with E-state index in [2.05, 4.69) is 9.98 Å². The zero-order valence-electron chi connectivity index (χ0n) is 11.9. The third-order valence-corrected chi connectivity index (χ3v) is 3.36. The molecule has 2 rings (SSSR count). The molecule has 21 heavy (non-hydrogen) atoms. The summed E-state index contributed by atoms with van der Waals surface area (Å²) in [5, 5.41) is 0. The molecule has 0 aliphatic carbocycles. The molecule has 0 aliphatic heterocycles. The van der Waals surface area contributed by atoms with Crippen molar-refractivity contribution >= 4 is 23.5 Å². The van der Waals surface area contributed by atoms with Gasteiger partial charge in [0, 0.05) is 0 Å². The van der Waals surface area contributed by atoms with E-state index in [1.807, 2.05) is 38.1 Å². The van der Waals surface area contributed by atoms with E-state index >= 15 is 0 Å². The van der Waals surface area contributed by atoms with Crippen molar-refractivity contribution in [2.45, 2.75) is 20.3 Å². The predicted octanol–water partition coefficient (Wildman–Crippen LogP) is 3.83. The van der Waals surface area contributed by atoms with Crippen molar-refractivity contribution in [3.8, 4) is 0 Å². The van der Waals surface area contributed by atoms with Gasteiger partial charge in [0.05, 0.1) is 11.4 Å². The van der Waals surface area contributed by atoms with Gasteiger partial charge in [0.1, 0.15) is 0 Å². The molecule has 0 saturated heterocycles. The topological polar surface area (TPSA) is 58.9 Å². The first kappa shape index (κ1) is 14.6. The normalized spacial score (nSPS) is 9.62. The molecule has 0 heterocycles. The molecule has 0 bridgehead atoms. The number of hydrogen-bond acceptors (Lipinski definition) is 4. The standard InChI is InChI=1S/C17H14N2O2/c1-12-4-3-5-17(19-11-21)15(12)9-14-6-7-16(18-10-20)13(2)8-14/h3-8H,9H2,1-2H3. The molecule has 0 fully saturated rings. The van der Waals surface area contributed by atoms with E-state index in [-0.39, 0.29) is 0 Å². The van der Waals surface area contributed by atoms with Gasteiger partial charge in [-0.3, -0.25) is 0 Å². The van der Waals surface area contributed by atoms with Crippen molar-refractivity contribution in [1.29, 1.82) is 0 Å². The summed E-state index contributed by atoms with van der Waals surface area (Å²) < 4.78 is 0. The lowest BCUT2D eigenvalue weighted by Gasteiger charge is -2.10. The van der Waals surface area contributed by atoms with Gasteiger partial charge in [-0.25, -0.2) is 9.59 Å². The molecular formula is C17H14N2O2. The maximum Gasteiger partial charge on any atom is 0.240 e. The summed E-state index contributed by atoms with van der Waals surface area (Å²) >= 11 is 0. The lowest BCUT2D eigenvalue weighted by molar-refractivity contribution is 0.564. The average molecular weight is 278 g/mol. The smallest absolute Gasteiger partial charge is 0.211 e. The van der Waals surface area contributed by atoms with Crippen LogP contribution in [-0.4, -0.2) is 12.2 Å². The number of rotatable bonds is 4. The third kappa shape index (κ3) is 3.40. The van der Waals surface area contributed by atoms with Crippen LogP contribution in [0, 0.1) is 13.8 Å². The van der Waals surface area contributed by atoms with Crippen LogP contribution < -0.4 is 0 Å². The fourth-order valence-corrected chi connectivity index (χ4v) is 2.28. The van der Waals surface area contributed by atoms with Gasteiger partial charge in [-0.2, -0.15) is 9.98 Å². The van der Waals surface area contributed by atoms with Crippen molar-refractivity contribution in [2.75, 3.05) is 0 Å². The largest absolute Gasteiger partial charge is 0.240 e. The Morgan fingerprint density at radius 3 is 2.29 bits per heavy atom. The predicted molar refractivity (Wildman–Crippen MR) is 80.7 cm³/mol. The highest BCUT2D eigenvalue weighted by Crippen LogP contribution is 2.27. The summed E-state index contributed by atoms with van der Waals surface area (Å²) in [5.41, 5.74) is 5.28. The van der Waals surface area contributed by atoms with Crippen molar-refractivity contribution < 1.29 is 9.59 Å². The minimum atomic E-state index is 0.615. The van der Waals surface area contributed by atoms with Crippen LogP contribution in [0.5, 0.6) is 0 Å². The second-order valence-electron chi connectivity index (χ2n) is 4.78. The molecule has 0 aliphatic rings. The second-order valence-corrected chi connectivity index (χ2v) is 4.78. The number of aryl methyl sites for hydroxylation is 2. The Balaban J connectivity index is 2.41. The number of benzene rings is 2. The van der Waals surface area contributed by atoms with E-state index in [1.165, 1.54) is 0 Å². The van der Waals surface area contributed by atoms with Crippen LogP contribution in [0.2, 0.25) is 0 Å². The minimum absolute atomic E-state index is 0.615. The van der Waals surface area contributed by atoms with E-state index in [0.717, 1.165) is 22.3 Å². The molecule has 0 saturated carbocycles. The van der Waals surface area contributed by atoms with Crippen LogP contribution in [0.1, 0.15) is 22.3 Å². The van der Waals surface area contributed by atoms with Gasteiger partial charge in [-0.05, 0) is 54.7 Å². The quantitative estimate of drug-likeness (QED) is 0.630. The molecule has 0 radical (unpaired) electrons. The van der Waals surface area contributed by atoms with E-state index in [9.17, 15) is 9.59 Å². The summed E-state index contributed by atoms with van der Waals surface area (Å²) in [4.78, 5) is 28.2. The van der Waals surface area contributed by atoms with Gasteiger partial charge >= 0.3 is 0 Å². The fourth-order valence-electron chi connectivity index (χ4n) is 2.28. The van der Waals surface area contributed by atoms with E-state index in [0.29, 0.717) is 17.8 Å². The highest BCUT2D eigenvalue weighted by molar-refractivity contribution is 5.59. The van der Waals surface area contributed by atoms with Gasteiger partial charge in [0.15, 0.2) is 0 Å². The summed E-state index contributed by atoms with van der Waals surface area (Å²) in [6, 6.07) is 11.3. The molecule has 0 aromatic heterocycles. The Kier molecular flexibility index (Phi) is 4.57. The molecule has 104 valence electrons. The number of isocyanates is 2. The van der Waals surface area contributed by atoms with Crippen molar-refractivity contribution in [3.63, 3.8) is 0 Å². The molecule has 0 atom stereocenters. The first-order valence-corrected chi connectivity index (χ1v) is 6.49. The first-order valence-electron chi connectivity index (χ1n) is 6.49. The summed E-state index contributed by atoms with van der Waals surface area (Å²) in [5.74, 6) is 0. The van der Waals surface area contributed by atoms with Crippen LogP contribution in [-0.2, 0) is 16.0 Å². The summed E-state index contributed by atoms with van der Waals surface area (Å²) in [6.45, 7) is 3.87. The SMILES string of the molecule is Cc1cc(Cc2c(C)cccc2N=C=O)ccc1N=C=O. The Hall–Kier alpha value is -2.80. The van der Waals surface area contributed by atoms with Crippen LogP contribution in [0.3, 0.4) is 0 Å². The number of hydrogen-bond donors (Lipinski definition) is 0. The molecule has 2 aromatic rings. The number of aliphatic imine (C=N–C) groups is 2. The van der Waals surface area contributed by atoms with Gasteiger partial charge in [-0.1, -0.05) is 24.3 Å². The maximum absolute atomic E-state index is 10.5. The molecule has 4 nitrogen and oxygen atoms in total. The van der Waals surface area contributed by atoms with Gasteiger partial charge in [0.25, 0.3) is 0 Å². The van der Waals surface area contributed by atoms with Gasteiger partial charge < -0.3 is 0 Å². The Bertz CT molecular complexity index is 768. The lowest BCUT2D eigenvalue weighted by atomic mass is 9.97. The molecule has 0 unspecified atom stereocenters. The maximum atomic E-state index is 10.5. The average Bonchev–Trinajstić information content (AvgIpc) is 2.46. The molecule has 0 N–H and O–H groups in total. The number of carbonyl (C=O) groups excluding carboxylic acids is 2. The highest BCUT2D eigenvalue weighted by atomic mass is 16.1. The monoisotopic (exact) mass is 278 g/mol. The molecule has 2 aromatic carbocycles. The zero-order valence-corrected chi connectivity index (χ0v) is 11.9. The summed E-state index contributed by atoms with van der Waals surface area (Å²) in [6.07, 6.45) is 3.79. The van der Waals surface area contributed by atoms with E-state index in [4.69, 9.17) is 0 Å². The second kappa shape index (κ2) is 6.58. The van der Waals surface area contributed by atoms with E-state index in [1.54, 1.807) is 24.3 Å². The minimum Gasteiger partial charge on any atom is -0.211 e. The molecule has 4 heteroatoms. The molecule has 0 spiro atoms. The lowest BCUT2D eigenvalue weighted by Crippen LogP contribution is -1.93. The van der Waals surface area contributed by atoms with Crippen LogP contribution >= 0.6 is 0 Å². The Labute approximate surface area is 122 Å². The van der Waals surface area contributed by atoms with Gasteiger partial charge in [-0.15, -0.1) is 0 Å². The van der Waals surface area contributed by atoms with Crippen LogP contribution in [0.4, 0.5) is 11.4 Å². The summed E-state index contributed by atoms with van der Waals surface area (Å²) in [7, 11) is 0. The Morgan fingerprint density at radius 1 is 0.905 bits per heavy atom. The van der Waals surface area contributed by atoms with Crippen molar-refractivity contribution in [1.82, 2.24) is 0 Å². The molecule has 0 amide bonds. The third-order valence-electron chi connectivity index (χ3n) is 3.36. The zero-order chi connectivity index (χ0) is 15.2. The van der Waals surface area contributed by atoms with E-state index < -0.39 is 0 Å². The Morgan fingerprint density at radius 2 is 1.62 bits per heavy atom. The van der Waals surface area contributed by atoms with Crippen LogP contribution in [0.25, 0.3) is 0 Å². The number of nitrogens with zero attached hydrogens (tertiary/aromatic N) is 2. The fraction of sp³-hybridized carbons (Fsp3) is 0.176. The molecular weight excluding hydrogens is 264 g/mol.